The highest BCUT2D eigenvalue weighted by atomic mass is 32.1. The third-order valence-electron chi connectivity index (χ3n) is 8.25. The van der Waals surface area contributed by atoms with Crippen LogP contribution in [0.1, 0.15) is 168 Å². The molecule has 0 aliphatic carbocycles. The van der Waals surface area contributed by atoms with E-state index in [1.165, 1.54) is 122 Å². The molecule has 0 saturated carbocycles. The Balaban J connectivity index is 2.04. The summed E-state index contributed by atoms with van der Waals surface area (Å²) in [4.78, 5) is 0. The Labute approximate surface area is 263 Å². The number of aliphatic hydroxyl groups excluding tert-OH is 2. The highest BCUT2D eigenvalue weighted by molar-refractivity contribution is 7.80. The minimum atomic E-state index is -1.09. The number of hydrogen-bond donors (Lipinski definition) is 2. The first-order chi connectivity index (χ1) is 20.0. The largest absolute Gasteiger partial charge is 0.484 e. The molecule has 0 aromatic heterocycles. The van der Waals surface area contributed by atoms with Crippen molar-refractivity contribution in [3.8, 4) is 0 Å². The van der Waals surface area contributed by atoms with E-state index in [-0.39, 0.29) is 13.2 Å². The molecule has 5 nitrogen and oxygen atoms in total. The fourth-order valence-corrected chi connectivity index (χ4v) is 5.93. The van der Waals surface area contributed by atoms with Gasteiger partial charge in [-0.2, -0.15) is 0 Å². The predicted octanol–water partition coefficient (Wildman–Crippen LogP) is 9.57. The molecule has 2 N–H and O–H groups in total. The van der Waals surface area contributed by atoms with Crippen LogP contribution in [-0.4, -0.2) is 57.9 Å². The van der Waals surface area contributed by atoms with Crippen LogP contribution >= 0.6 is 24.4 Å². The van der Waals surface area contributed by atoms with Gasteiger partial charge in [0.15, 0.2) is 16.2 Å². The Morgan fingerprint density at radius 3 is 1.41 bits per heavy atom. The van der Waals surface area contributed by atoms with Crippen molar-refractivity contribution in [2.75, 3.05) is 13.2 Å². The molecule has 1 fully saturated rings. The van der Waals surface area contributed by atoms with E-state index in [2.05, 4.69) is 13.8 Å². The van der Waals surface area contributed by atoms with Gasteiger partial charge in [-0.25, -0.2) is 0 Å². The molecule has 1 rings (SSSR count). The maximum Gasteiger partial charge on any atom is 0.160 e. The molecule has 0 aromatic rings. The smallest absolute Gasteiger partial charge is 0.160 e. The molecule has 0 radical (unpaired) electrons. The Bertz CT molecular complexity index is 630. The minimum absolute atomic E-state index is 0.144. The maximum absolute atomic E-state index is 10.6. The van der Waals surface area contributed by atoms with E-state index in [0.29, 0.717) is 16.5 Å². The maximum atomic E-state index is 10.6. The lowest BCUT2D eigenvalue weighted by molar-refractivity contribution is -0.190. The van der Waals surface area contributed by atoms with Crippen molar-refractivity contribution < 1.29 is 24.4 Å². The second-order valence-electron chi connectivity index (χ2n) is 12.1. The summed E-state index contributed by atoms with van der Waals surface area (Å²) in [7, 11) is 0. The van der Waals surface area contributed by atoms with Crippen molar-refractivity contribution in [2.45, 2.75) is 192 Å². The van der Waals surface area contributed by atoms with E-state index in [1.54, 1.807) is 0 Å². The highest BCUT2D eigenvalue weighted by Gasteiger charge is 2.40. The molecule has 1 heterocycles. The predicted molar refractivity (Wildman–Crippen MR) is 180 cm³/mol. The SMILES string of the molecule is CCCCCCCCCCCCCC(=S)OC[C@@H]1OC[C@@H](OC(=S)CCCCCCCCCCCCC)[C@H](O)[C@H]1O. The first-order valence-electron chi connectivity index (χ1n) is 17.3. The van der Waals surface area contributed by atoms with Gasteiger partial charge >= 0.3 is 0 Å². The van der Waals surface area contributed by atoms with Gasteiger partial charge in [-0.15, -0.1) is 0 Å². The molecule has 0 spiro atoms. The minimum Gasteiger partial charge on any atom is -0.484 e. The second-order valence-corrected chi connectivity index (χ2v) is 13.0. The second kappa shape index (κ2) is 27.2. The van der Waals surface area contributed by atoms with Crippen LogP contribution in [0.2, 0.25) is 0 Å². The van der Waals surface area contributed by atoms with Crippen LogP contribution in [0.25, 0.3) is 0 Å². The van der Waals surface area contributed by atoms with E-state index in [1.807, 2.05) is 0 Å². The van der Waals surface area contributed by atoms with Crippen LogP contribution in [0.5, 0.6) is 0 Å². The summed E-state index contributed by atoms with van der Waals surface area (Å²) < 4.78 is 17.3. The molecule has 0 amide bonds. The molecule has 4 atom stereocenters. The standard InChI is InChI=1S/C34H64O5S2/c1-3-5-7-9-11-13-15-17-19-21-23-25-31(40)38-27-29-33(35)34(36)30(28-37-29)39-32(41)26-24-22-20-18-16-14-12-10-8-6-4-2/h29-30,33-36H,3-28H2,1-2H3/t29-,30+,33-,34-/m0/s1. The lowest BCUT2D eigenvalue weighted by atomic mass is 10.0. The van der Waals surface area contributed by atoms with Gasteiger partial charge in [0.2, 0.25) is 0 Å². The van der Waals surface area contributed by atoms with E-state index < -0.39 is 24.4 Å². The lowest BCUT2D eigenvalue weighted by Gasteiger charge is -2.37. The van der Waals surface area contributed by atoms with Gasteiger partial charge in [0, 0.05) is 12.8 Å². The average molecular weight is 617 g/mol. The first kappa shape index (κ1) is 38.7. The molecule has 1 saturated heterocycles. The fourth-order valence-electron chi connectivity index (χ4n) is 5.45. The van der Waals surface area contributed by atoms with Crippen molar-refractivity contribution in [1.29, 1.82) is 0 Å². The molecule has 0 unspecified atom stereocenters. The van der Waals surface area contributed by atoms with Gasteiger partial charge < -0.3 is 24.4 Å². The van der Waals surface area contributed by atoms with Gasteiger partial charge in [-0.3, -0.25) is 0 Å². The Morgan fingerprint density at radius 2 is 0.976 bits per heavy atom. The molecular weight excluding hydrogens is 553 g/mol. The third-order valence-corrected chi connectivity index (χ3v) is 8.87. The number of thiocarbonyl (C=S) groups is 2. The molecule has 7 heteroatoms. The van der Waals surface area contributed by atoms with E-state index in [9.17, 15) is 10.2 Å². The molecule has 242 valence electrons. The normalized spacial score (nSPS) is 20.7. The van der Waals surface area contributed by atoms with Gasteiger partial charge in [0.25, 0.3) is 0 Å². The fraction of sp³-hybridized carbons (Fsp3) is 0.941. The Hall–Kier alpha value is -0.340. The van der Waals surface area contributed by atoms with E-state index in [0.717, 1.165) is 25.7 Å². The summed E-state index contributed by atoms with van der Waals surface area (Å²) in [6, 6.07) is 0. The summed E-state index contributed by atoms with van der Waals surface area (Å²) in [6.07, 6.45) is 26.4. The van der Waals surface area contributed by atoms with Gasteiger partial charge in [0.05, 0.1) is 6.61 Å². The average Bonchev–Trinajstić information content (AvgIpc) is 2.96. The van der Waals surface area contributed by atoms with Crippen LogP contribution in [-0.2, 0) is 14.2 Å². The summed E-state index contributed by atoms with van der Waals surface area (Å²) >= 11 is 10.8. The Kier molecular flexibility index (Phi) is 25.7. The number of aliphatic hydroxyl groups is 2. The van der Waals surface area contributed by atoms with Crippen molar-refractivity contribution in [3.63, 3.8) is 0 Å². The third kappa shape index (κ3) is 21.1. The Morgan fingerprint density at radius 1 is 0.585 bits per heavy atom. The van der Waals surface area contributed by atoms with Crippen molar-refractivity contribution >= 4 is 34.5 Å². The molecular formula is C34H64O5S2. The quantitative estimate of drug-likeness (QED) is 0.0703. The molecule has 0 bridgehead atoms. The summed E-state index contributed by atoms with van der Waals surface area (Å²) in [6.45, 7) is 4.84. The van der Waals surface area contributed by atoms with Crippen molar-refractivity contribution in [1.82, 2.24) is 0 Å². The zero-order chi connectivity index (χ0) is 30.0. The zero-order valence-corrected chi connectivity index (χ0v) is 28.3. The summed E-state index contributed by atoms with van der Waals surface area (Å²) in [5, 5.41) is 22.2. The summed E-state index contributed by atoms with van der Waals surface area (Å²) in [5.41, 5.74) is 0. The van der Waals surface area contributed by atoms with Crippen LogP contribution in [0, 0.1) is 0 Å². The van der Waals surface area contributed by atoms with Crippen LogP contribution in [0.4, 0.5) is 0 Å². The van der Waals surface area contributed by atoms with E-state index >= 15 is 0 Å². The number of hydrogen-bond acceptors (Lipinski definition) is 7. The molecule has 1 aliphatic heterocycles. The molecule has 1 aliphatic rings. The van der Waals surface area contributed by atoms with Gasteiger partial charge in [-0.1, -0.05) is 142 Å². The van der Waals surface area contributed by atoms with E-state index in [4.69, 9.17) is 38.6 Å². The van der Waals surface area contributed by atoms with Crippen LogP contribution < -0.4 is 0 Å². The van der Waals surface area contributed by atoms with Gasteiger partial charge in [-0.05, 0) is 37.3 Å². The highest BCUT2D eigenvalue weighted by Crippen LogP contribution is 2.21. The first-order valence-corrected chi connectivity index (χ1v) is 18.1. The van der Waals surface area contributed by atoms with Crippen molar-refractivity contribution in [3.05, 3.63) is 0 Å². The van der Waals surface area contributed by atoms with Gasteiger partial charge in [0.1, 0.15) is 24.9 Å². The zero-order valence-electron chi connectivity index (χ0n) is 26.6. The topological polar surface area (TPSA) is 68.2 Å². The number of unbranched alkanes of at least 4 members (excludes halogenated alkanes) is 20. The van der Waals surface area contributed by atoms with Crippen LogP contribution in [0.15, 0.2) is 0 Å². The summed E-state index contributed by atoms with van der Waals surface area (Å²) in [5.74, 6) is 0. The number of rotatable bonds is 27. The molecule has 41 heavy (non-hydrogen) atoms. The monoisotopic (exact) mass is 616 g/mol. The number of ether oxygens (including phenoxy) is 3. The molecule has 0 aromatic carbocycles. The lowest BCUT2D eigenvalue weighted by Crippen LogP contribution is -2.55. The van der Waals surface area contributed by atoms with Crippen LogP contribution in [0.3, 0.4) is 0 Å². The van der Waals surface area contributed by atoms with Crippen molar-refractivity contribution in [2.24, 2.45) is 0 Å².